The summed E-state index contributed by atoms with van der Waals surface area (Å²) >= 11 is 0. The predicted octanol–water partition coefficient (Wildman–Crippen LogP) is 2.75. The Morgan fingerprint density at radius 3 is 2.62 bits per heavy atom. The van der Waals surface area contributed by atoms with E-state index in [1.54, 1.807) is 14.2 Å². The van der Waals surface area contributed by atoms with E-state index in [1.807, 2.05) is 36.4 Å². The van der Waals surface area contributed by atoms with Gasteiger partial charge in [0.1, 0.15) is 5.82 Å². The lowest BCUT2D eigenvalue weighted by atomic mass is 10.1. The molecule has 5 heteroatoms. The summed E-state index contributed by atoms with van der Waals surface area (Å²) in [6, 6.07) is 11.5. The smallest absolute Gasteiger partial charge is 0.161 e. The van der Waals surface area contributed by atoms with Gasteiger partial charge < -0.3 is 20.2 Å². The monoisotopic (exact) mass is 283 g/mol. The Hall–Kier alpha value is -2.69. The van der Waals surface area contributed by atoms with Gasteiger partial charge in [0.15, 0.2) is 11.5 Å². The fraction of sp³-hybridized carbons (Fsp3) is 0.188. The number of rotatable bonds is 4. The van der Waals surface area contributed by atoms with Gasteiger partial charge in [-0.05, 0) is 35.9 Å². The fourth-order valence-corrected chi connectivity index (χ4v) is 2.35. The number of nitrogens with two attached hydrogens (primary N) is 1. The molecule has 0 amide bonds. The highest BCUT2D eigenvalue weighted by Crippen LogP contribution is 2.28. The summed E-state index contributed by atoms with van der Waals surface area (Å²) in [5, 5.41) is 0. The number of aromatic nitrogens is 2. The molecule has 3 aromatic rings. The van der Waals surface area contributed by atoms with Crippen LogP contribution in [0.4, 0.5) is 5.69 Å². The number of imidazole rings is 1. The first-order valence-corrected chi connectivity index (χ1v) is 6.64. The molecule has 108 valence electrons. The molecule has 5 nitrogen and oxygen atoms in total. The van der Waals surface area contributed by atoms with Crippen molar-refractivity contribution in [3.05, 3.63) is 47.8 Å². The number of benzene rings is 2. The number of H-pyrrole nitrogens is 1. The maximum absolute atomic E-state index is 5.78. The third-order valence-electron chi connectivity index (χ3n) is 3.37. The number of hydrogen-bond donors (Lipinski definition) is 2. The van der Waals surface area contributed by atoms with Gasteiger partial charge in [0.05, 0.1) is 25.3 Å². The van der Waals surface area contributed by atoms with Gasteiger partial charge in [-0.2, -0.15) is 0 Å². The van der Waals surface area contributed by atoms with E-state index in [0.717, 1.165) is 39.6 Å². The molecule has 0 unspecified atom stereocenters. The Balaban J connectivity index is 1.91. The summed E-state index contributed by atoms with van der Waals surface area (Å²) in [6.45, 7) is 0. The zero-order valence-corrected chi connectivity index (χ0v) is 12.0. The first-order valence-electron chi connectivity index (χ1n) is 6.64. The minimum absolute atomic E-state index is 0.689. The van der Waals surface area contributed by atoms with Crippen molar-refractivity contribution in [1.82, 2.24) is 9.97 Å². The molecule has 3 rings (SSSR count). The maximum Gasteiger partial charge on any atom is 0.161 e. The quantitative estimate of drug-likeness (QED) is 0.722. The molecule has 0 bridgehead atoms. The van der Waals surface area contributed by atoms with Crippen LogP contribution in [0.1, 0.15) is 11.4 Å². The number of nitrogens with one attached hydrogen (secondary N) is 1. The lowest BCUT2D eigenvalue weighted by Gasteiger charge is -2.08. The van der Waals surface area contributed by atoms with E-state index in [1.165, 1.54) is 0 Å². The molecule has 0 atom stereocenters. The van der Waals surface area contributed by atoms with Gasteiger partial charge in [-0.3, -0.25) is 0 Å². The summed E-state index contributed by atoms with van der Waals surface area (Å²) in [4.78, 5) is 7.85. The van der Waals surface area contributed by atoms with Gasteiger partial charge in [0, 0.05) is 12.1 Å². The van der Waals surface area contributed by atoms with Crippen LogP contribution in [0, 0.1) is 0 Å². The van der Waals surface area contributed by atoms with E-state index in [9.17, 15) is 0 Å². The Bertz CT molecular complexity index is 780. The number of aromatic amines is 1. The fourth-order valence-electron chi connectivity index (χ4n) is 2.35. The molecular weight excluding hydrogens is 266 g/mol. The maximum atomic E-state index is 5.78. The molecule has 2 aromatic carbocycles. The Labute approximate surface area is 122 Å². The van der Waals surface area contributed by atoms with Crippen molar-refractivity contribution in [2.24, 2.45) is 0 Å². The second-order valence-electron chi connectivity index (χ2n) is 4.83. The van der Waals surface area contributed by atoms with E-state index >= 15 is 0 Å². The van der Waals surface area contributed by atoms with E-state index in [4.69, 9.17) is 15.2 Å². The van der Waals surface area contributed by atoms with Gasteiger partial charge in [-0.25, -0.2) is 4.98 Å². The molecule has 1 aromatic heterocycles. The average molecular weight is 283 g/mol. The summed E-state index contributed by atoms with van der Waals surface area (Å²) in [5.41, 5.74) is 9.47. The van der Waals surface area contributed by atoms with Gasteiger partial charge >= 0.3 is 0 Å². The van der Waals surface area contributed by atoms with E-state index in [-0.39, 0.29) is 0 Å². The van der Waals surface area contributed by atoms with Crippen LogP contribution in [0.25, 0.3) is 11.0 Å². The van der Waals surface area contributed by atoms with Crippen LogP contribution in [0.5, 0.6) is 11.5 Å². The summed E-state index contributed by atoms with van der Waals surface area (Å²) in [6.07, 6.45) is 0.689. The van der Waals surface area contributed by atoms with Gasteiger partial charge in [0.25, 0.3) is 0 Å². The molecule has 0 saturated heterocycles. The molecule has 0 aliphatic heterocycles. The Morgan fingerprint density at radius 1 is 1.05 bits per heavy atom. The number of anilines is 1. The van der Waals surface area contributed by atoms with Crippen molar-refractivity contribution in [1.29, 1.82) is 0 Å². The highest BCUT2D eigenvalue weighted by atomic mass is 16.5. The molecule has 0 aliphatic rings. The molecule has 0 saturated carbocycles. The van der Waals surface area contributed by atoms with Crippen molar-refractivity contribution in [3.63, 3.8) is 0 Å². The highest BCUT2D eigenvalue weighted by molar-refractivity contribution is 5.78. The normalized spacial score (nSPS) is 10.8. The molecule has 0 radical (unpaired) electrons. The molecule has 21 heavy (non-hydrogen) atoms. The molecule has 3 N–H and O–H groups in total. The molecule has 1 heterocycles. The zero-order chi connectivity index (χ0) is 14.8. The van der Waals surface area contributed by atoms with Crippen molar-refractivity contribution in [2.45, 2.75) is 6.42 Å². The van der Waals surface area contributed by atoms with E-state index in [2.05, 4.69) is 9.97 Å². The highest BCUT2D eigenvalue weighted by Gasteiger charge is 2.08. The van der Waals surface area contributed by atoms with Crippen LogP contribution in [-0.4, -0.2) is 24.2 Å². The zero-order valence-electron chi connectivity index (χ0n) is 12.0. The Morgan fingerprint density at radius 2 is 1.86 bits per heavy atom. The summed E-state index contributed by atoms with van der Waals surface area (Å²) in [7, 11) is 3.26. The lowest BCUT2D eigenvalue weighted by molar-refractivity contribution is 0.354. The van der Waals surface area contributed by atoms with Crippen LogP contribution in [0.15, 0.2) is 36.4 Å². The largest absolute Gasteiger partial charge is 0.493 e. The van der Waals surface area contributed by atoms with Crippen molar-refractivity contribution in [2.75, 3.05) is 20.0 Å². The number of fused-ring (bicyclic) bond motifs is 1. The molecule has 0 aliphatic carbocycles. The lowest BCUT2D eigenvalue weighted by Crippen LogP contribution is -1.94. The number of nitrogens with zero attached hydrogens (tertiary/aromatic N) is 1. The number of nitrogen functional groups attached to an aromatic ring is 1. The summed E-state index contributed by atoms with van der Waals surface area (Å²) in [5.74, 6) is 2.33. The van der Waals surface area contributed by atoms with E-state index in [0.29, 0.717) is 6.42 Å². The van der Waals surface area contributed by atoms with Crippen molar-refractivity contribution < 1.29 is 9.47 Å². The number of ether oxygens (including phenoxy) is 2. The molecular formula is C16H17N3O2. The second kappa shape index (κ2) is 5.36. The van der Waals surface area contributed by atoms with Crippen LogP contribution < -0.4 is 15.2 Å². The average Bonchev–Trinajstić information content (AvgIpc) is 2.88. The third kappa shape index (κ3) is 2.63. The minimum Gasteiger partial charge on any atom is -0.493 e. The first-order chi connectivity index (χ1) is 10.2. The first kappa shape index (κ1) is 13.3. The van der Waals surface area contributed by atoms with E-state index < -0.39 is 0 Å². The van der Waals surface area contributed by atoms with Crippen molar-refractivity contribution >= 4 is 16.7 Å². The minimum atomic E-state index is 0.689. The van der Waals surface area contributed by atoms with Crippen LogP contribution in [-0.2, 0) is 6.42 Å². The second-order valence-corrected chi connectivity index (χ2v) is 4.83. The molecule has 0 spiro atoms. The van der Waals surface area contributed by atoms with Crippen LogP contribution >= 0.6 is 0 Å². The van der Waals surface area contributed by atoms with Crippen molar-refractivity contribution in [3.8, 4) is 11.5 Å². The molecule has 0 fully saturated rings. The van der Waals surface area contributed by atoms with Crippen LogP contribution in [0.3, 0.4) is 0 Å². The van der Waals surface area contributed by atoms with Crippen LogP contribution in [0.2, 0.25) is 0 Å². The van der Waals surface area contributed by atoms with Gasteiger partial charge in [0.2, 0.25) is 0 Å². The topological polar surface area (TPSA) is 73.2 Å². The SMILES string of the molecule is COc1ccc(Cc2nc3ccc(N)cc3[nH]2)cc1OC. The predicted molar refractivity (Wildman–Crippen MR) is 82.9 cm³/mol. The number of methoxy groups -OCH3 is 2. The standard InChI is InChI=1S/C16H17N3O2/c1-20-14-6-3-10(7-15(14)21-2)8-16-18-12-5-4-11(17)9-13(12)19-16/h3-7,9H,8,17H2,1-2H3,(H,18,19). The van der Waals surface area contributed by atoms with Gasteiger partial charge in [-0.15, -0.1) is 0 Å². The van der Waals surface area contributed by atoms with Gasteiger partial charge in [-0.1, -0.05) is 6.07 Å². The number of hydrogen-bond acceptors (Lipinski definition) is 4. The third-order valence-corrected chi connectivity index (χ3v) is 3.37. The Kier molecular flexibility index (Phi) is 3.39. The summed E-state index contributed by atoms with van der Waals surface area (Å²) < 4.78 is 10.6.